The summed E-state index contributed by atoms with van der Waals surface area (Å²) in [5.74, 6) is 0.401. The summed E-state index contributed by atoms with van der Waals surface area (Å²) >= 11 is 0. The number of imidazole rings is 1. The van der Waals surface area contributed by atoms with E-state index in [-0.39, 0.29) is 0 Å². The number of aromatic nitrogens is 6. The Hall–Kier alpha value is -3.09. The fourth-order valence-electron chi connectivity index (χ4n) is 3.32. The van der Waals surface area contributed by atoms with Crippen molar-refractivity contribution in [3.05, 3.63) is 18.7 Å². The van der Waals surface area contributed by atoms with E-state index in [2.05, 4.69) is 30.7 Å². The molecule has 0 radical (unpaired) electrons. The number of nitrogens with one attached hydrogen (secondary N) is 2. The van der Waals surface area contributed by atoms with Crippen LogP contribution in [0, 0.1) is 0 Å². The van der Waals surface area contributed by atoms with Gasteiger partial charge in [-0.2, -0.15) is 5.10 Å². The first-order chi connectivity index (χ1) is 13.9. The second-order valence-electron chi connectivity index (χ2n) is 6.70. The van der Waals surface area contributed by atoms with Gasteiger partial charge in [-0.3, -0.25) is 14.0 Å². The van der Waals surface area contributed by atoms with Crippen molar-refractivity contribution in [2.24, 2.45) is 7.05 Å². The summed E-state index contributed by atoms with van der Waals surface area (Å²) in [6, 6.07) is 0. The molecule has 4 atom stereocenters. The van der Waals surface area contributed by atoms with Crippen LogP contribution in [0.4, 0.5) is 5.82 Å². The van der Waals surface area contributed by atoms with Crippen LogP contribution in [0.3, 0.4) is 0 Å². The molecular weight excluding hydrogens is 380 g/mol. The maximum Gasteiger partial charge on any atom is 0.252 e. The van der Waals surface area contributed by atoms with Crippen molar-refractivity contribution in [1.29, 1.82) is 0 Å². The second-order valence-corrected chi connectivity index (χ2v) is 6.70. The minimum atomic E-state index is -1.38. The van der Waals surface area contributed by atoms with E-state index in [1.807, 2.05) is 0 Å². The van der Waals surface area contributed by atoms with Gasteiger partial charge in [0.15, 0.2) is 35.1 Å². The number of carbonyl (C=O) groups is 1. The smallest absolute Gasteiger partial charge is 0.252 e. The standard InChI is InChI=1S/C17H22N8O4/c1-4-19-16(28)12-10(26)11(27)17(29-12)25-7-20-9-14(18-2)22-13(23-15(9)25)8-5-21-24(3)6-8/h5-7,10-12,17,26-27H,4H2,1-3H3,(H,19,28)(H,18,22,23)/t10-,11+,12-,17+/m0/s1. The molecule has 3 aromatic heterocycles. The first-order valence-electron chi connectivity index (χ1n) is 9.15. The number of fused-ring (bicyclic) bond motifs is 1. The van der Waals surface area contributed by atoms with Crippen molar-refractivity contribution in [1.82, 2.24) is 34.6 Å². The topological polar surface area (TPSA) is 152 Å². The van der Waals surface area contributed by atoms with Crippen molar-refractivity contribution in [2.75, 3.05) is 18.9 Å². The van der Waals surface area contributed by atoms with E-state index < -0.39 is 30.4 Å². The summed E-state index contributed by atoms with van der Waals surface area (Å²) < 4.78 is 8.82. The summed E-state index contributed by atoms with van der Waals surface area (Å²) in [6.45, 7) is 2.14. The van der Waals surface area contributed by atoms with Crippen LogP contribution in [0.5, 0.6) is 0 Å². The van der Waals surface area contributed by atoms with Crippen molar-refractivity contribution < 1.29 is 19.7 Å². The van der Waals surface area contributed by atoms with Crippen LogP contribution in [-0.2, 0) is 16.6 Å². The van der Waals surface area contributed by atoms with Gasteiger partial charge in [0.1, 0.15) is 12.2 Å². The molecule has 0 unspecified atom stereocenters. The van der Waals surface area contributed by atoms with E-state index in [9.17, 15) is 15.0 Å². The van der Waals surface area contributed by atoms with E-state index in [0.29, 0.717) is 34.9 Å². The highest BCUT2D eigenvalue weighted by Gasteiger charge is 2.47. The van der Waals surface area contributed by atoms with Crippen molar-refractivity contribution >= 4 is 22.9 Å². The van der Waals surface area contributed by atoms with Crippen LogP contribution in [0.25, 0.3) is 22.6 Å². The highest BCUT2D eigenvalue weighted by Crippen LogP contribution is 2.33. The van der Waals surface area contributed by atoms with Gasteiger partial charge in [-0.15, -0.1) is 0 Å². The Balaban J connectivity index is 1.77. The number of nitrogens with zero attached hydrogens (tertiary/aromatic N) is 6. The highest BCUT2D eigenvalue weighted by atomic mass is 16.6. The van der Waals surface area contributed by atoms with E-state index in [4.69, 9.17) is 4.74 Å². The zero-order valence-electron chi connectivity index (χ0n) is 16.1. The molecule has 0 aliphatic carbocycles. The minimum absolute atomic E-state index is 0.382. The Morgan fingerprint density at radius 3 is 2.76 bits per heavy atom. The number of aryl methyl sites for hydroxylation is 1. The maximum absolute atomic E-state index is 12.1. The average molecular weight is 402 g/mol. The molecule has 0 spiro atoms. The number of ether oxygens (including phenoxy) is 1. The molecule has 1 amide bonds. The number of rotatable bonds is 5. The molecule has 154 valence electrons. The van der Waals surface area contributed by atoms with Crippen LogP contribution >= 0.6 is 0 Å². The molecule has 4 heterocycles. The largest absolute Gasteiger partial charge is 0.387 e. The Morgan fingerprint density at radius 1 is 1.31 bits per heavy atom. The molecule has 0 aromatic carbocycles. The van der Waals surface area contributed by atoms with E-state index in [0.717, 1.165) is 0 Å². The van der Waals surface area contributed by atoms with E-state index in [1.165, 1.54) is 10.9 Å². The molecule has 12 nitrogen and oxygen atoms in total. The fourth-order valence-corrected chi connectivity index (χ4v) is 3.32. The number of hydrogen-bond donors (Lipinski definition) is 4. The van der Waals surface area contributed by atoms with Crippen molar-refractivity contribution in [2.45, 2.75) is 31.5 Å². The molecule has 0 bridgehead atoms. The summed E-state index contributed by atoms with van der Waals surface area (Å²) in [5, 5.41) is 30.5. The molecule has 1 fully saturated rings. The Morgan fingerprint density at radius 2 is 2.10 bits per heavy atom. The lowest BCUT2D eigenvalue weighted by Crippen LogP contribution is -2.42. The maximum atomic E-state index is 12.1. The Kier molecular flexibility index (Phi) is 4.90. The zero-order chi connectivity index (χ0) is 20.7. The molecule has 1 aliphatic heterocycles. The lowest BCUT2D eigenvalue weighted by molar-refractivity contribution is -0.137. The van der Waals surface area contributed by atoms with Crippen LogP contribution in [0.1, 0.15) is 13.2 Å². The summed E-state index contributed by atoms with van der Waals surface area (Å²) in [5.41, 5.74) is 1.55. The molecule has 0 saturated carbocycles. The molecule has 3 aromatic rings. The average Bonchev–Trinajstić information content (AvgIpc) is 3.40. The van der Waals surface area contributed by atoms with Gasteiger partial charge >= 0.3 is 0 Å². The molecule has 12 heteroatoms. The van der Waals surface area contributed by atoms with Gasteiger partial charge in [0, 0.05) is 26.8 Å². The molecule has 4 rings (SSSR count). The number of carbonyl (C=O) groups excluding carboxylic acids is 1. The predicted octanol–water partition coefficient (Wildman–Crippen LogP) is -0.976. The molecular formula is C17H22N8O4. The molecule has 1 aliphatic rings. The lowest BCUT2D eigenvalue weighted by Gasteiger charge is -2.16. The van der Waals surface area contributed by atoms with Crippen LogP contribution < -0.4 is 10.6 Å². The second kappa shape index (κ2) is 7.39. The third kappa shape index (κ3) is 3.20. The van der Waals surface area contributed by atoms with Crippen molar-refractivity contribution in [3.63, 3.8) is 0 Å². The van der Waals surface area contributed by atoms with Gasteiger partial charge in [0.25, 0.3) is 5.91 Å². The van der Waals surface area contributed by atoms with Gasteiger partial charge in [0.2, 0.25) is 0 Å². The monoisotopic (exact) mass is 402 g/mol. The molecule has 29 heavy (non-hydrogen) atoms. The van der Waals surface area contributed by atoms with Gasteiger partial charge in [-0.25, -0.2) is 15.0 Å². The number of aliphatic hydroxyl groups excluding tert-OH is 2. The zero-order valence-corrected chi connectivity index (χ0v) is 16.1. The molecule has 4 N–H and O–H groups in total. The number of aliphatic hydroxyl groups is 2. The quantitative estimate of drug-likeness (QED) is 0.422. The first kappa shape index (κ1) is 19.2. The van der Waals surface area contributed by atoms with E-state index >= 15 is 0 Å². The van der Waals surface area contributed by atoms with Gasteiger partial charge in [-0.1, -0.05) is 0 Å². The third-order valence-corrected chi connectivity index (χ3v) is 4.74. The molecule has 1 saturated heterocycles. The lowest BCUT2D eigenvalue weighted by atomic mass is 10.1. The summed E-state index contributed by atoms with van der Waals surface area (Å²) in [6.07, 6.45) is -0.107. The van der Waals surface area contributed by atoms with Crippen molar-refractivity contribution in [3.8, 4) is 11.4 Å². The summed E-state index contributed by atoms with van der Waals surface area (Å²) in [4.78, 5) is 25.5. The van der Waals surface area contributed by atoms with Gasteiger partial charge in [0.05, 0.1) is 18.1 Å². The SMILES string of the molecule is CCNC(=O)[C@H]1O[C@@H](n2cnc3c(NC)nc(-c4cnn(C)c4)nc32)[C@H](O)[C@@H]1O. The van der Waals surface area contributed by atoms with Gasteiger partial charge < -0.3 is 25.6 Å². The van der Waals surface area contributed by atoms with E-state index in [1.54, 1.807) is 38.1 Å². The number of likely N-dealkylation sites (N-methyl/N-ethyl adjacent to an activating group) is 1. The number of hydrogen-bond acceptors (Lipinski definition) is 9. The normalized spacial score (nSPS) is 24.2. The van der Waals surface area contributed by atoms with Crippen LogP contribution in [0.15, 0.2) is 18.7 Å². The van der Waals surface area contributed by atoms with Crippen LogP contribution in [-0.4, -0.2) is 77.3 Å². The predicted molar refractivity (Wildman–Crippen MR) is 102 cm³/mol. The minimum Gasteiger partial charge on any atom is -0.387 e. The number of amides is 1. The Labute approximate surface area is 165 Å². The summed E-state index contributed by atoms with van der Waals surface area (Å²) in [7, 11) is 3.50. The number of anilines is 1. The van der Waals surface area contributed by atoms with Gasteiger partial charge in [-0.05, 0) is 6.92 Å². The first-order valence-corrected chi connectivity index (χ1v) is 9.15. The Bertz CT molecular complexity index is 1050. The highest BCUT2D eigenvalue weighted by molar-refractivity contribution is 5.85. The fraction of sp³-hybridized carbons (Fsp3) is 0.471. The van der Waals surface area contributed by atoms with Crippen LogP contribution in [0.2, 0.25) is 0 Å². The third-order valence-electron chi connectivity index (χ3n) is 4.74.